The quantitative estimate of drug-likeness (QED) is 0.739. The second kappa shape index (κ2) is 7.28. The fraction of sp³-hybridized carbons (Fsp3) is 0.684. The number of halogens is 1. The van der Waals surface area contributed by atoms with Crippen molar-refractivity contribution in [1.29, 1.82) is 0 Å². The van der Waals surface area contributed by atoms with Gasteiger partial charge < -0.3 is 5.32 Å². The van der Waals surface area contributed by atoms with Gasteiger partial charge in [-0.15, -0.1) is 0 Å². The lowest BCUT2D eigenvalue weighted by Gasteiger charge is -2.37. The summed E-state index contributed by atoms with van der Waals surface area (Å²) >= 11 is 3.68. The molecule has 0 aliphatic heterocycles. The molecule has 0 bridgehead atoms. The van der Waals surface area contributed by atoms with Crippen molar-refractivity contribution >= 4 is 15.9 Å². The van der Waals surface area contributed by atoms with E-state index in [4.69, 9.17) is 0 Å². The predicted molar refractivity (Wildman–Crippen MR) is 93.6 cm³/mol. The molecule has 3 rings (SSSR count). The molecule has 2 heteroatoms. The molecule has 2 saturated carbocycles. The average molecular weight is 350 g/mol. The minimum atomic E-state index is 0.753. The average Bonchev–Trinajstić information content (AvgIpc) is 2.43. The SMILES string of the molecule is CC1CCCC(CCNC2CC(c3ccccc3Br)C2)C1. The van der Waals surface area contributed by atoms with E-state index < -0.39 is 0 Å². The van der Waals surface area contributed by atoms with E-state index in [1.165, 1.54) is 61.5 Å². The van der Waals surface area contributed by atoms with Crippen LogP contribution in [0.3, 0.4) is 0 Å². The van der Waals surface area contributed by atoms with Crippen molar-refractivity contribution in [3.8, 4) is 0 Å². The molecule has 21 heavy (non-hydrogen) atoms. The highest BCUT2D eigenvalue weighted by Gasteiger charge is 2.31. The molecule has 116 valence electrons. The van der Waals surface area contributed by atoms with Gasteiger partial charge in [0, 0.05) is 10.5 Å². The Kier molecular flexibility index (Phi) is 5.39. The molecule has 1 aromatic carbocycles. The summed E-state index contributed by atoms with van der Waals surface area (Å²) in [6.07, 6.45) is 9.86. The van der Waals surface area contributed by atoms with Gasteiger partial charge in [0.1, 0.15) is 0 Å². The van der Waals surface area contributed by atoms with Gasteiger partial charge in [-0.05, 0) is 61.6 Å². The van der Waals surface area contributed by atoms with Crippen LogP contribution in [0.1, 0.15) is 63.4 Å². The fourth-order valence-corrected chi connectivity index (χ4v) is 4.77. The van der Waals surface area contributed by atoms with Crippen molar-refractivity contribution in [2.45, 2.75) is 63.8 Å². The Balaban J connectivity index is 1.35. The molecule has 0 aromatic heterocycles. The Morgan fingerprint density at radius 1 is 1.14 bits per heavy atom. The number of nitrogens with one attached hydrogen (secondary N) is 1. The lowest BCUT2D eigenvalue weighted by molar-refractivity contribution is 0.245. The molecule has 1 N–H and O–H groups in total. The summed E-state index contributed by atoms with van der Waals surface area (Å²) in [5.74, 6) is 2.71. The van der Waals surface area contributed by atoms with Gasteiger partial charge in [0.15, 0.2) is 0 Å². The summed E-state index contributed by atoms with van der Waals surface area (Å²) < 4.78 is 1.28. The van der Waals surface area contributed by atoms with Crippen LogP contribution in [-0.2, 0) is 0 Å². The maximum Gasteiger partial charge on any atom is 0.0210 e. The third-order valence-corrected chi connectivity index (χ3v) is 6.24. The van der Waals surface area contributed by atoms with Crippen LogP contribution in [0.5, 0.6) is 0 Å². The minimum Gasteiger partial charge on any atom is -0.314 e. The lowest BCUT2D eigenvalue weighted by atomic mass is 9.75. The van der Waals surface area contributed by atoms with Crippen LogP contribution >= 0.6 is 15.9 Å². The van der Waals surface area contributed by atoms with E-state index in [0.29, 0.717) is 0 Å². The first-order chi connectivity index (χ1) is 10.2. The van der Waals surface area contributed by atoms with E-state index in [9.17, 15) is 0 Å². The van der Waals surface area contributed by atoms with E-state index in [-0.39, 0.29) is 0 Å². The first-order valence-corrected chi connectivity index (χ1v) is 9.49. The molecule has 0 radical (unpaired) electrons. The zero-order valence-electron chi connectivity index (χ0n) is 13.2. The molecule has 0 spiro atoms. The topological polar surface area (TPSA) is 12.0 Å². The second-order valence-electron chi connectivity index (χ2n) is 7.27. The van der Waals surface area contributed by atoms with Gasteiger partial charge in [-0.25, -0.2) is 0 Å². The Bertz CT molecular complexity index is 453. The Labute approximate surface area is 138 Å². The molecule has 0 saturated heterocycles. The van der Waals surface area contributed by atoms with Crippen LogP contribution in [-0.4, -0.2) is 12.6 Å². The van der Waals surface area contributed by atoms with E-state index in [1.54, 1.807) is 0 Å². The van der Waals surface area contributed by atoms with Crippen LogP contribution in [0.15, 0.2) is 28.7 Å². The molecule has 2 atom stereocenters. The molecule has 0 heterocycles. The molecule has 2 fully saturated rings. The van der Waals surface area contributed by atoms with Crippen LogP contribution in [0.25, 0.3) is 0 Å². The number of rotatable bonds is 5. The van der Waals surface area contributed by atoms with Gasteiger partial charge in [-0.3, -0.25) is 0 Å². The van der Waals surface area contributed by atoms with Gasteiger partial charge in [-0.1, -0.05) is 60.3 Å². The van der Waals surface area contributed by atoms with Gasteiger partial charge in [-0.2, -0.15) is 0 Å². The van der Waals surface area contributed by atoms with Gasteiger partial charge in [0.05, 0.1) is 0 Å². The Morgan fingerprint density at radius 3 is 2.71 bits per heavy atom. The van der Waals surface area contributed by atoms with Crippen molar-refractivity contribution in [2.24, 2.45) is 11.8 Å². The minimum absolute atomic E-state index is 0.753. The number of hydrogen-bond acceptors (Lipinski definition) is 1. The third-order valence-electron chi connectivity index (χ3n) is 5.51. The van der Waals surface area contributed by atoms with Crippen LogP contribution in [0.2, 0.25) is 0 Å². The van der Waals surface area contributed by atoms with Crippen molar-refractivity contribution in [3.63, 3.8) is 0 Å². The number of benzene rings is 1. The maximum atomic E-state index is 3.79. The monoisotopic (exact) mass is 349 g/mol. The smallest absolute Gasteiger partial charge is 0.0210 e. The predicted octanol–water partition coefficient (Wildman–Crippen LogP) is 5.50. The first kappa shape index (κ1) is 15.6. The van der Waals surface area contributed by atoms with Gasteiger partial charge in [0.25, 0.3) is 0 Å². The molecule has 2 aliphatic rings. The Morgan fingerprint density at radius 2 is 1.95 bits per heavy atom. The van der Waals surface area contributed by atoms with E-state index in [2.05, 4.69) is 52.4 Å². The van der Waals surface area contributed by atoms with Crippen LogP contribution < -0.4 is 5.32 Å². The summed E-state index contributed by atoms with van der Waals surface area (Å²) in [5, 5.41) is 3.79. The standard InChI is InChI=1S/C19H28BrN/c1-14-5-4-6-15(11-14)9-10-21-17-12-16(13-17)18-7-2-3-8-19(18)20/h2-3,7-8,14-17,21H,4-6,9-13H2,1H3. The van der Waals surface area contributed by atoms with E-state index in [1.807, 2.05) is 0 Å². The summed E-state index contributed by atoms with van der Waals surface area (Å²) in [4.78, 5) is 0. The zero-order valence-corrected chi connectivity index (χ0v) is 14.7. The largest absolute Gasteiger partial charge is 0.314 e. The highest BCUT2D eigenvalue weighted by atomic mass is 79.9. The molecule has 1 nitrogen and oxygen atoms in total. The number of hydrogen-bond donors (Lipinski definition) is 1. The molecule has 1 aromatic rings. The highest BCUT2D eigenvalue weighted by molar-refractivity contribution is 9.10. The van der Waals surface area contributed by atoms with Crippen molar-refractivity contribution in [1.82, 2.24) is 5.32 Å². The zero-order chi connectivity index (χ0) is 14.7. The molecule has 2 unspecified atom stereocenters. The van der Waals surface area contributed by atoms with E-state index >= 15 is 0 Å². The summed E-state index contributed by atoms with van der Waals surface area (Å²) in [6.45, 7) is 3.65. The van der Waals surface area contributed by atoms with Crippen LogP contribution in [0.4, 0.5) is 0 Å². The summed E-state index contributed by atoms with van der Waals surface area (Å²) in [6, 6.07) is 9.45. The highest BCUT2D eigenvalue weighted by Crippen LogP contribution is 2.40. The summed E-state index contributed by atoms with van der Waals surface area (Å²) in [7, 11) is 0. The summed E-state index contributed by atoms with van der Waals surface area (Å²) in [5.41, 5.74) is 1.50. The fourth-order valence-electron chi connectivity index (χ4n) is 4.16. The van der Waals surface area contributed by atoms with Gasteiger partial charge >= 0.3 is 0 Å². The van der Waals surface area contributed by atoms with Crippen LogP contribution in [0, 0.1) is 11.8 Å². The molecule has 2 aliphatic carbocycles. The van der Waals surface area contributed by atoms with Crippen molar-refractivity contribution in [2.75, 3.05) is 6.54 Å². The van der Waals surface area contributed by atoms with Crippen molar-refractivity contribution in [3.05, 3.63) is 34.3 Å². The molecule has 0 amide bonds. The van der Waals surface area contributed by atoms with E-state index in [0.717, 1.165) is 23.8 Å². The van der Waals surface area contributed by atoms with Gasteiger partial charge in [0.2, 0.25) is 0 Å². The molecular formula is C19H28BrN. The first-order valence-electron chi connectivity index (χ1n) is 8.70. The molecular weight excluding hydrogens is 322 g/mol. The van der Waals surface area contributed by atoms with Crippen molar-refractivity contribution < 1.29 is 0 Å². The second-order valence-corrected chi connectivity index (χ2v) is 8.12. The Hall–Kier alpha value is -0.340. The maximum absolute atomic E-state index is 3.79. The normalized spacial score (nSPS) is 32.7. The lowest BCUT2D eigenvalue weighted by Crippen LogP contribution is -2.41. The third kappa shape index (κ3) is 4.10.